The van der Waals surface area contributed by atoms with Gasteiger partial charge in [0, 0.05) is 0 Å². The van der Waals surface area contributed by atoms with Crippen LogP contribution >= 0.6 is 27.3 Å². The minimum Gasteiger partial charge on any atom is -0.456 e. The van der Waals surface area contributed by atoms with E-state index >= 15 is 0 Å². The number of thiazole rings is 1. The Bertz CT molecular complexity index is 316. The number of hydrogen-bond donors (Lipinski definition) is 0. The van der Waals surface area contributed by atoms with E-state index in [1.54, 1.807) is 0 Å². The van der Waals surface area contributed by atoms with Crippen LogP contribution in [-0.2, 0) is 4.74 Å². The van der Waals surface area contributed by atoms with E-state index in [-0.39, 0.29) is 5.97 Å². The molecule has 72 valence electrons. The third kappa shape index (κ3) is 3.44. The Kier molecular flexibility index (Phi) is 3.08. The van der Waals surface area contributed by atoms with Gasteiger partial charge in [0.1, 0.15) is 10.5 Å². The van der Waals surface area contributed by atoms with E-state index in [2.05, 4.69) is 20.9 Å². The normalized spacial score (nSPS) is 11.4. The summed E-state index contributed by atoms with van der Waals surface area (Å²) in [4.78, 5) is 15.8. The summed E-state index contributed by atoms with van der Waals surface area (Å²) in [5, 5.41) is 0. The van der Waals surface area contributed by atoms with Crippen LogP contribution in [-0.4, -0.2) is 16.6 Å². The van der Waals surface area contributed by atoms with Gasteiger partial charge < -0.3 is 4.74 Å². The molecule has 0 bridgehead atoms. The number of halogens is 1. The molecule has 0 saturated heterocycles. The number of esters is 1. The number of aromatic nitrogens is 1. The molecule has 1 aromatic heterocycles. The molecule has 0 aliphatic rings. The fourth-order valence-electron chi connectivity index (χ4n) is 0.676. The fraction of sp³-hybridized carbons (Fsp3) is 0.500. The van der Waals surface area contributed by atoms with Gasteiger partial charge in [-0.3, -0.25) is 0 Å². The largest absolute Gasteiger partial charge is 0.456 e. The lowest BCUT2D eigenvalue weighted by molar-refractivity contribution is 0.00750. The predicted octanol–water partition coefficient (Wildman–Crippen LogP) is 2.86. The van der Waals surface area contributed by atoms with Gasteiger partial charge in [0.05, 0.1) is 6.20 Å². The van der Waals surface area contributed by atoms with E-state index in [0.29, 0.717) is 8.79 Å². The Labute approximate surface area is 89.3 Å². The minimum atomic E-state index is -0.451. The topological polar surface area (TPSA) is 39.2 Å². The van der Waals surface area contributed by atoms with Gasteiger partial charge in [-0.2, -0.15) is 0 Å². The van der Waals surface area contributed by atoms with Gasteiger partial charge in [-0.25, -0.2) is 9.78 Å². The van der Waals surface area contributed by atoms with Gasteiger partial charge in [-0.05, 0) is 36.7 Å². The maximum absolute atomic E-state index is 11.4. The van der Waals surface area contributed by atoms with Crippen LogP contribution in [0.25, 0.3) is 0 Å². The van der Waals surface area contributed by atoms with Gasteiger partial charge in [0.2, 0.25) is 0 Å². The van der Waals surface area contributed by atoms with Gasteiger partial charge in [-0.1, -0.05) is 0 Å². The molecule has 1 rings (SSSR count). The molecule has 1 aromatic rings. The quantitative estimate of drug-likeness (QED) is 0.732. The zero-order valence-electron chi connectivity index (χ0n) is 7.63. The average molecular weight is 264 g/mol. The van der Waals surface area contributed by atoms with Crippen molar-refractivity contribution in [3.05, 3.63) is 15.0 Å². The van der Waals surface area contributed by atoms with Crippen molar-refractivity contribution in [2.45, 2.75) is 26.4 Å². The first kappa shape index (κ1) is 10.7. The first-order valence-corrected chi connectivity index (χ1v) is 5.34. The SMILES string of the molecule is CC(C)(C)OC(=O)c1cnc(Br)s1. The molecule has 0 aromatic carbocycles. The Morgan fingerprint density at radius 1 is 1.62 bits per heavy atom. The molecule has 0 amide bonds. The van der Waals surface area contributed by atoms with E-state index in [1.165, 1.54) is 17.5 Å². The second-order valence-corrected chi connectivity index (χ2v) is 5.79. The molecule has 0 spiro atoms. The second kappa shape index (κ2) is 3.75. The molecule has 0 aliphatic heterocycles. The first-order chi connectivity index (χ1) is 5.88. The molecule has 0 atom stereocenters. The Morgan fingerprint density at radius 2 is 2.23 bits per heavy atom. The summed E-state index contributed by atoms with van der Waals surface area (Å²) in [7, 11) is 0. The highest BCUT2D eigenvalue weighted by Crippen LogP contribution is 2.21. The summed E-state index contributed by atoms with van der Waals surface area (Å²) in [6, 6.07) is 0. The number of carbonyl (C=O) groups excluding carboxylic acids is 1. The molecule has 5 heteroatoms. The van der Waals surface area contributed by atoms with E-state index in [0.717, 1.165) is 0 Å². The van der Waals surface area contributed by atoms with Crippen molar-refractivity contribution in [3.63, 3.8) is 0 Å². The van der Waals surface area contributed by atoms with Gasteiger partial charge in [-0.15, -0.1) is 11.3 Å². The van der Waals surface area contributed by atoms with Gasteiger partial charge in [0.25, 0.3) is 0 Å². The molecular formula is C8H10BrNO2S. The highest BCUT2D eigenvalue weighted by molar-refractivity contribution is 9.11. The lowest BCUT2D eigenvalue weighted by Gasteiger charge is -2.18. The number of hydrogen-bond acceptors (Lipinski definition) is 4. The zero-order chi connectivity index (χ0) is 10.1. The Balaban J connectivity index is 2.70. The fourth-order valence-corrected chi connectivity index (χ4v) is 1.82. The molecule has 0 N–H and O–H groups in total. The van der Waals surface area contributed by atoms with Crippen molar-refractivity contribution < 1.29 is 9.53 Å². The van der Waals surface area contributed by atoms with Crippen LogP contribution in [0, 0.1) is 0 Å². The van der Waals surface area contributed by atoms with Crippen molar-refractivity contribution in [3.8, 4) is 0 Å². The van der Waals surface area contributed by atoms with Crippen LogP contribution < -0.4 is 0 Å². The van der Waals surface area contributed by atoms with Crippen LogP contribution in [0.5, 0.6) is 0 Å². The summed E-state index contributed by atoms with van der Waals surface area (Å²) in [5.41, 5.74) is -0.451. The van der Waals surface area contributed by atoms with Gasteiger partial charge >= 0.3 is 5.97 Å². The number of nitrogens with zero attached hydrogens (tertiary/aromatic N) is 1. The average Bonchev–Trinajstić information content (AvgIpc) is 2.31. The monoisotopic (exact) mass is 263 g/mol. The summed E-state index contributed by atoms with van der Waals surface area (Å²) in [6.45, 7) is 5.50. The molecule has 3 nitrogen and oxygen atoms in total. The van der Waals surface area contributed by atoms with Crippen molar-refractivity contribution >= 4 is 33.2 Å². The second-order valence-electron chi connectivity index (χ2n) is 3.48. The van der Waals surface area contributed by atoms with Crippen LogP contribution in [0.15, 0.2) is 10.1 Å². The van der Waals surface area contributed by atoms with Crippen LogP contribution in [0.4, 0.5) is 0 Å². The van der Waals surface area contributed by atoms with E-state index in [1.807, 2.05) is 20.8 Å². The van der Waals surface area contributed by atoms with Crippen LogP contribution in [0.1, 0.15) is 30.4 Å². The maximum atomic E-state index is 11.4. The standard InChI is InChI=1S/C8H10BrNO2S/c1-8(2,3)12-6(11)5-4-10-7(9)13-5/h4H,1-3H3. The molecule has 0 fully saturated rings. The van der Waals surface area contributed by atoms with Crippen LogP contribution in [0.2, 0.25) is 0 Å². The zero-order valence-corrected chi connectivity index (χ0v) is 10.0. The number of carbonyl (C=O) groups is 1. The third-order valence-corrected chi connectivity index (χ3v) is 2.53. The summed E-state index contributed by atoms with van der Waals surface area (Å²) in [5.74, 6) is -0.323. The van der Waals surface area contributed by atoms with E-state index < -0.39 is 5.60 Å². The van der Waals surface area contributed by atoms with Crippen molar-refractivity contribution in [2.75, 3.05) is 0 Å². The molecule has 13 heavy (non-hydrogen) atoms. The Morgan fingerprint density at radius 3 is 2.62 bits per heavy atom. The first-order valence-electron chi connectivity index (χ1n) is 3.73. The lowest BCUT2D eigenvalue weighted by Crippen LogP contribution is -2.23. The summed E-state index contributed by atoms with van der Waals surface area (Å²) < 4.78 is 5.84. The predicted molar refractivity (Wildman–Crippen MR) is 55.0 cm³/mol. The van der Waals surface area contributed by atoms with Crippen molar-refractivity contribution in [1.82, 2.24) is 4.98 Å². The number of rotatable bonds is 1. The molecule has 0 aliphatic carbocycles. The minimum absolute atomic E-state index is 0.323. The molecule has 1 heterocycles. The smallest absolute Gasteiger partial charge is 0.350 e. The maximum Gasteiger partial charge on any atom is 0.350 e. The van der Waals surface area contributed by atoms with Crippen molar-refractivity contribution in [2.24, 2.45) is 0 Å². The van der Waals surface area contributed by atoms with Crippen molar-refractivity contribution in [1.29, 1.82) is 0 Å². The summed E-state index contributed by atoms with van der Waals surface area (Å²) in [6.07, 6.45) is 1.50. The highest BCUT2D eigenvalue weighted by Gasteiger charge is 2.19. The van der Waals surface area contributed by atoms with Crippen LogP contribution in [0.3, 0.4) is 0 Å². The summed E-state index contributed by atoms with van der Waals surface area (Å²) >= 11 is 4.45. The van der Waals surface area contributed by atoms with E-state index in [9.17, 15) is 4.79 Å². The van der Waals surface area contributed by atoms with Gasteiger partial charge in [0.15, 0.2) is 3.92 Å². The molecule has 0 saturated carbocycles. The highest BCUT2D eigenvalue weighted by atomic mass is 79.9. The molecular weight excluding hydrogens is 254 g/mol. The van der Waals surface area contributed by atoms with E-state index in [4.69, 9.17) is 4.74 Å². The molecule has 0 unspecified atom stereocenters. The third-order valence-electron chi connectivity index (χ3n) is 1.08. The Hall–Kier alpha value is -0.420. The lowest BCUT2D eigenvalue weighted by atomic mass is 10.2. The molecule has 0 radical (unpaired) electrons. The number of ether oxygens (including phenoxy) is 1.